The Morgan fingerprint density at radius 1 is 1.28 bits per heavy atom. The summed E-state index contributed by atoms with van der Waals surface area (Å²) in [6.45, 7) is 5.45. The van der Waals surface area contributed by atoms with E-state index < -0.39 is 0 Å². The van der Waals surface area contributed by atoms with E-state index in [1.54, 1.807) is 16.6 Å². The van der Waals surface area contributed by atoms with Gasteiger partial charge in [-0.25, -0.2) is 4.98 Å². The number of anilines is 1. The van der Waals surface area contributed by atoms with E-state index in [0.717, 1.165) is 43.2 Å². The zero-order valence-corrected chi connectivity index (χ0v) is 14.3. The minimum absolute atomic E-state index is 0.142. The van der Waals surface area contributed by atoms with Crippen molar-refractivity contribution in [2.75, 3.05) is 18.0 Å². The predicted molar refractivity (Wildman–Crippen MR) is 91.7 cm³/mol. The van der Waals surface area contributed by atoms with Gasteiger partial charge in [-0.2, -0.15) is 14.6 Å². The Labute approximate surface area is 144 Å². The lowest BCUT2D eigenvalue weighted by molar-refractivity contribution is 0.0901. The number of hydrogen-bond donors (Lipinski definition) is 1. The van der Waals surface area contributed by atoms with Crippen molar-refractivity contribution in [1.29, 1.82) is 0 Å². The quantitative estimate of drug-likeness (QED) is 0.781. The number of furan rings is 1. The number of carbonyl (C=O) groups excluding carboxylic acids is 1. The van der Waals surface area contributed by atoms with E-state index in [9.17, 15) is 4.79 Å². The molecule has 0 saturated carbocycles. The van der Waals surface area contributed by atoms with E-state index in [1.807, 2.05) is 19.9 Å². The minimum Gasteiger partial charge on any atom is -0.456 e. The maximum atomic E-state index is 12.2. The molecule has 3 aromatic heterocycles. The molecule has 1 fully saturated rings. The van der Waals surface area contributed by atoms with Gasteiger partial charge in [0.2, 0.25) is 0 Å². The molecule has 1 aliphatic heterocycles. The summed E-state index contributed by atoms with van der Waals surface area (Å²) in [5.74, 6) is 2.56. The second kappa shape index (κ2) is 6.19. The molecule has 25 heavy (non-hydrogen) atoms. The molecule has 8 nitrogen and oxygen atoms in total. The zero-order valence-electron chi connectivity index (χ0n) is 14.3. The van der Waals surface area contributed by atoms with Crippen LogP contribution in [0.3, 0.4) is 0 Å². The Kier molecular flexibility index (Phi) is 3.87. The smallest absolute Gasteiger partial charge is 0.287 e. The van der Waals surface area contributed by atoms with E-state index >= 15 is 0 Å². The van der Waals surface area contributed by atoms with Crippen molar-refractivity contribution in [1.82, 2.24) is 24.9 Å². The van der Waals surface area contributed by atoms with Gasteiger partial charge in [0.1, 0.15) is 17.9 Å². The highest BCUT2D eigenvalue weighted by Crippen LogP contribution is 2.21. The van der Waals surface area contributed by atoms with Crippen molar-refractivity contribution in [3.63, 3.8) is 0 Å². The van der Waals surface area contributed by atoms with Gasteiger partial charge >= 0.3 is 0 Å². The average Bonchev–Trinajstić information content (AvgIpc) is 3.23. The molecule has 0 spiro atoms. The fraction of sp³-hybridized carbons (Fsp3) is 0.412. The van der Waals surface area contributed by atoms with Gasteiger partial charge in [0, 0.05) is 30.9 Å². The van der Waals surface area contributed by atoms with Gasteiger partial charge in [-0.15, -0.1) is 0 Å². The molecule has 0 aliphatic carbocycles. The summed E-state index contributed by atoms with van der Waals surface area (Å²) in [7, 11) is 0. The molecule has 1 N–H and O–H groups in total. The zero-order chi connectivity index (χ0) is 17.4. The Morgan fingerprint density at radius 3 is 2.80 bits per heavy atom. The normalized spacial score (nSPS) is 15.7. The Balaban J connectivity index is 1.42. The second-order valence-corrected chi connectivity index (χ2v) is 6.37. The molecule has 130 valence electrons. The fourth-order valence-corrected chi connectivity index (χ4v) is 3.20. The molecule has 0 atom stereocenters. The lowest BCUT2D eigenvalue weighted by Gasteiger charge is -2.33. The molecule has 1 amide bonds. The van der Waals surface area contributed by atoms with Crippen LogP contribution in [-0.2, 0) is 0 Å². The van der Waals surface area contributed by atoms with Gasteiger partial charge in [-0.05, 0) is 38.8 Å². The van der Waals surface area contributed by atoms with E-state index in [2.05, 4.69) is 25.3 Å². The molecule has 3 aromatic rings. The first kappa shape index (κ1) is 15.6. The van der Waals surface area contributed by atoms with Gasteiger partial charge in [0.05, 0.1) is 0 Å². The third-order valence-electron chi connectivity index (χ3n) is 4.48. The molecular formula is C17H20N6O2. The molecule has 0 bridgehead atoms. The molecule has 8 heteroatoms. The number of amides is 1. The first-order chi connectivity index (χ1) is 12.1. The largest absolute Gasteiger partial charge is 0.456 e. The number of hydrogen-bond acceptors (Lipinski definition) is 6. The Morgan fingerprint density at radius 2 is 2.08 bits per heavy atom. The summed E-state index contributed by atoms with van der Waals surface area (Å²) in [6, 6.07) is 5.67. The number of carbonyl (C=O) groups is 1. The van der Waals surface area contributed by atoms with Gasteiger partial charge in [-0.1, -0.05) is 0 Å². The number of aryl methyl sites for hydroxylation is 2. The lowest BCUT2D eigenvalue weighted by Crippen LogP contribution is -2.45. The van der Waals surface area contributed by atoms with Crippen LogP contribution in [0.15, 0.2) is 28.9 Å². The first-order valence-corrected chi connectivity index (χ1v) is 8.40. The van der Waals surface area contributed by atoms with Crippen molar-refractivity contribution in [2.24, 2.45) is 0 Å². The highest BCUT2D eigenvalue weighted by Gasteiger charge is 2.24. The standard InChI is InChI=1S/C17H20N6O2/c1-11-9-15(23-17(20-11)18-10-19-23)22-7-5-13(6-8-22)21-16(24)14-4-3-12(2)25-14/h3-4,9-10,13H,5-8H2,1-2H3,(H,21,24). The van der Waals surface area contributed by atoms with E-state index in [-0.39, 0.29) is 11.9 Å². The van der Waals surface area contributed by atoms with Gasteiger partial charge in [0.25, 0.3) is 11.7 Å². The maximum Gasteiger partial charge on any atom is 0.287 e. The van der Waals surface area contributed by atoms with Crippen LogP contribution in [0.1, 0.15) is 34.9 Å². The van der Waals surface area contributed by atoms with Crippen LogP contribution in [0, 0.1) is 13.8 Å². The summed E-state index contributed by atoms with van der Waals surface area (Å²) in [5, 5.41) is 7.32. The maximum absolute atomic E-state index is 12.2. The molecular weight excluding hydrogens is 320 g/mol. The molecule has 0 unspecified atom stereocenters. The van der Waals surface area contributed by atoms with Gasteiger partial charge in [0.15, 0.2) is 5.76 Å². The average molecular weight is 340 g/mol. The molecule has 0 radical (unpaired) electrons. The summed E-state index contributed by atoms with van der Waals surface area (Å²) in [4.78, 5) is 23.0. The number of aromatic nitrogens is 4. The van der Waals surface area contributed by atoms with Crippen LogP contribution >= 0.6 is 0 Å². The second-order valence-electron chi connectivity index (χ2n) is 6.37. The third-order valence-corrected chi connectivity index (χ3v) is 4.48. The predicted octanol–water partition coefficient (Wildman–Crippen LogP) is 1.73. The van der Waals surface area contributed by atoms with Crippen molar-refractivity contribution in [3.8, 4) is 0 Å². The molecule has 1 aliphatic rings. The van der Waals surface area contributed by atoms with Crippen LogP contribution in [0.25, 0.3) is 5.78 Å². The number of nitrogens with one attached hydrogen (secondary N) is 1. The first-order valence-electron chi connectivity index (χ1n) is 8.40. The lowest BCUT2D eigenvalue weighted by atomic mass is 10.0. The molecule has 4 rings (SSSR count). The number of fused-ring (bicyclic) bond motifs is 1. The van der Waals surface area contributed by atoms with Crippen LogP contribution in [0.5, 0.6) is 0 Å². The van der Waals surface area contributed by atoms with E-state index in [4.69, 9.17) is 4.42 Å². The van der Waals surface area contributed by atoms with Crippen LogP contribution in [-0.4, -0.2) is 44.6 Å². The summed E-state index contributed by atoms with van der Waals surface area (Å²) in [6.07, 6.45) is 3.25. The number of rotatable bonds is 3. The Bertz CT molecular complexity index is 907. The van der Waals surface area contributed by atoms with Crippen molar-refractivity contribution >= 4 is 17.5 Å². The monoisotopic (exact) mass is 340 g/mol. The highest BCUT2D eigenvalue weighted by molar-refractivity contribution is 5.91. The molecule has 4 heterocycles. The van der Waals surface area contributed by atoms with E-state index in [0.29, 0.717) is 11.5 Å². The number of nitrogens with zero attached hydrogens (tertiary/aromatic N) is 5. The fourth-order valence-electron chi connectivity index (χ4n) is 3.20. The van der Waals surface area contributed by atoms with Crippen molar-refractivity contribution < 1.29 is 9.21 Å². The molecule has 0 aromatic carbocycles. The van der Waals surface area contributed by atoms with Crippen LogP contribution in [0.4, 0.5) is 5.82 Å². The van der Waals surface area contributed by atoms with E-state index in [1.165, 1.54) is 6.33 Å². The SMILES string of the molecule is Cc1cc(N2CCC(NC(=O)c3ccc(C)o3)CC2)n2ncnc2n1. The van der Waals surface area contributed by atoms with Crippen molar-refractivity contribution in [2.45, 2.75) is 32.7 Å². The molecule has 1 saturated heterocycles. The third kappa shape index (κ3) is 3.07. The minimum atomic E-state index is -0.148. The summed E-state index contributed by atoms with van der Waals surface area (Å²) < 4.78 is 7.14. The topological polar surface area (TPSA) is 88.6 Å². The van der Waals surface area contributed by atoms with Crippen molar-refractivity contribution in [3.05, 3.63) is 41.7 Å². The summed E-state index contributed by atoms with van der Waals surface area (Å²) >= 11 is 0. The number of piperidine rings is 1. The van der Waals surface area contributed by atoms with Gasteiger partial charge < -0.3 is 14.6 Å². The van der Waals surface area contributed by atoms with Crippen LogP contribution in [0.2, 0.25) is 0 Å². The van der Waals surface area contributed by atoms with Gasteiger partial charge in [-0.3, -0.25) is 4.79 Å². The summed E-state index contributed by atoms with van der Waals surface area (Å²) in [5.41, 5.74) is 0.916. The Hall–Kier alpha value is -2.90. The van der Waals surface area contributed by atoms with Crippen LogP contribution < -0.4 is 10.2 Å². The highest BCUT2D eigenvalue weighted by atomic mass is 16.3.